The summed E-state index contributed by atoms with van der Waals surface area (Å²) in [5, 5.41) is 14.2. The van der Waals surface area contributed by atoms with Gasteiger partial charge < -0.3 is 5.32 Å². The van der Waals surface area contributed by atoms with Gasteiger partial charge in [-0.15, -0.1) is 0 Å². The summed E-state index contributed by atoms with van der Waals surface area (Å²) in [4.78, 5) is 24.4. The minimum atomic E-state index is -4.80. The van der Waals surface area contributed by atoms with Gasteiger partial charge in [0, 0.05) is 12.5 Å². The summed E-state index contributed by atoms with van der Waals surface area (Å²) >= 11 is 0. The Morgan fingerprint density at radius 2 is 1.15 bits per heavy atom. The van der Waals surface area contributed by atoms with E-state index in [-0.39, 0.29) is 17.5 Å². The average molecular weight is 558 g/mol. The molecule has 0 fully saturated rings. The first-order valence-electron chi connectivity index (χ1n) is 11.8. The molecule has 4 aromatic carbocycles. The number of carbonyl (C=O) groups excluding carboxylic acids is 1. The molecule has 5 nitrogen and oxygen atoms in total. The summed E-state index contributed by atoms with van der Waals surface area (Å²) in [6.07, 6.45) is -9.88. The SMILES string of the molecule is O=C(NC(Cc1ccccc1)(c1cccc(C(F)(F)F)c1)c1cccc(C(F)(F)F)c1)c1ccccc1[N+](=O)[O-]. The molecule has 206 valence electrons. The van der Waals surface area contributed by atoms with Gasteiger partial charge in [0.1, 0.15) is 5.56 Å². The lowest BCUT2D eigenvalue weighted by atomic mass is 9.76. The zero-order chi connectivity index (χ0) is 29.1. The maximum absolute atomic E-state index is 13.8. The number of halogens is 6. The maximum Gasteiger partial charge on any atom is 0.416 e. The zero-order valence-corrected chi connectivity index (χ0v) is 20.5. The molecule has 0 aromatic heterocycles. The Bertz CT molecular complexity index is 1480. The highest BCUT2D eigenvalue weighted by molar-refractivity contribution is 5.99. The molecule has 0 aliphatic heterocycles. The Balaban J connectivity index is 2.03. The van der Waals surface area contributed by atoms with Crippen LogP contribution in [0, 0.1) is 10.1 Å². The molecule has 0 atom stereocenters. The quantitative estimate of drug-likeness (QED) is 0.145. The second-order valence-electron chi connectivity index (χ2n) is 8.95. The minimum Gasteiger partial charge on any atom is -0.338 e. The van der Waals surface area contributed by atoms with Crippen LogP contribution in [0.1, 0.15) is 38.2 Å². The number of carbonyl (C=O) groups is 1. The van der Waals surface area contributed by atoms with Crippen molar-refractivity contribution in [3.05, 3.63) is 147 Å². The highest BCUT2D eigenvalue weighted by Crippen LogP contribution is 2.40. The molecule has 40 heavy (non-hydrogen) atoms. The van der Waals surface area contributed by atoms with Gasteiger partial charge in [0.25, 0.3) is 11.6 Å². The van der Waals surface area contributed by atoms with Crippen molar-refractivity contribution in [2.24, 2.45) is 0 Å². The maximum atomic E-state index is 13.8. The van der Waals surface area contributed by atoms with Gasteiger partial charge in [-0.1, -0.05) is 66.7 Å². The molecule has 0 radical (unpaired) electrons. The van der Waals surface area contributed by atoms with E-state index in [0.717, 1.165) is 48.5 Å². The number of para-hydroxylation sites is 1. The van der Waals surface area contributed by atoms with Crippen molar-refractivity contribution in [3.63, 3.8) is 0 Å². The predicted molar refractivity (Wildman–Crippen MR) is 134 cm³/mol. The van der Waals surface area contributed by atoms with Crippen molar-refractivity contribution in [3.8, 4) is 0 Å². The smallest absolute Gasteiger partial charge is 0.338 e. The van der Waals surface area contributed by atoms with Gasteiger partial charge in [-0.2, -0.15) is 26.3 Å². The van der Waals surface area contributed by atoms with E-state index >= 15 is 0 Å². The van der Waals surface area contributed by atoms with Crippen molar-refractivity contribution in [2.75, 3.05) is 0 Å². The van der Waals surface area contributed by atoms with Crippen molar-refractivity contribution >= 4 is 11.6 Å². The second kappa shape index (κ2) is 10.8. The van der Waals surface area contributed by atoms with E-state index in [1.807, 2.05) is 0 Å². The Kier molecular flexibility index (Phi) is 7.68. The van der Waals surface area contributed by atoms with Gasteiger partial charge in [0.05, 0.1) is 21.6 Å². The first kappa shape index (κ1) is 28.3. The fourth-order valence-corrected chi connectivity index (χ4v) is 4.47. The molecule has 0 aliphatic carbocycles. The molecule has 1 N–H and O–H groups in total. The molecular weight excluding hydrogens is 538 g/mol. The van der Waals surface area contributed by atoms with Crippen molar-refractivity contribution in [1.29, 1.82) is 0 Å². The van der Waals surface area contributed by atoms with Gasteiger partial charge in [0.2, 0.25) is 0 Å². The van der Waals surface area contributed by atoms with Crippen molar-refractivity contribution < 1.29 is 36.1 Å². The van der Waals surface area contributed by atoms with Crippen LogP contribution in [0.25, 0.3) is 0 Å². The minimum absolute atomic E-state index is 0.169. The average Bonchev–Trinajstić information content (AvgIpc) is 2.92. The van der Waals surface area contributed by atoms with E-state index in [1.165, 1.54) is 24.3 Å². The van der Waals surface area contributed by atoms with Crippen molar-refractivity contribution in [2.45, 2.75) is 24.3 Å². The van der Waals surface area contributed by atoms with Crippen LogP contribution in [0.15, 0.2) is 103 Å². The summed E-state index contributed by atoms with van der Waals surface area (Å²) in [7, 11) is 0. The standard InChI is InChI=1S/C29H20F6N2O3/c30-28(31,32)22-12-6-10-20(16-22)27(18-19-8-2-1-3-9-19,21-11-7-13-23(17-21)29(33,34)35)36-26(38)24-14-4-5-15-25(24)37(39)40/h1-17H,18H2,(H,36,38). The third kappa shape index (κ3) is 5.98. The van der Waals surface area contributed by atoms with Crippen LogP contribution in [-0.4, -0.2) is 10.8 Å². The third-order valence-corrected chi connectivity index (χ3v) is 6.35. The molecule has 11 heteroatoms. The molecule has 0 saturated heterocycles. The monoisotopic (exact) mass is 558 g/mol. The fourth-order valence-electron chi connectivity index (χ4n) is 4.47. The van der Waals surface area contributed by atoms with E-state index in [2.05, 4.69) is 5.32 Å². The molecule has 0 heterocycles. The lowest BCUT2D eigenvalue weighted by molar-refractivity contribution is -0.385. The van der Waals surface area contributed by atoms with E-state index in [4.69, 9.17) is 0 Å². The summed E-state index contributed by atoms with van der Waals surface area (Å²) in [5.41, 5.74) is -5.05. The second-order valence-corrected chi connectivity index (χ2v) is 8.95. The summed E-state index contributed by atoms with van der Waals surface area (Å²) < 4.78 is 82.6. The number of amides is 1. The zero-order valence-electron chi connectivity index (χ0n) is 20.5. The fraction of sp³-hybridized carbons (Fsp3) is 0.138. The van der Waals surface area contributed by atoms with Gasteiger partial charge in [-0.05, 0) is 47.0 Å². The van der Waals surface area contributed by atoms with Crippen LogP contribution in [0.5, 0.6) is 0 Å². The molecule has 1 amide bonds. The lowest BCUT2D eigenvalue weighted by Gasteiger charge is -2.37. The van der Waals surface area contributed by atoms with Crippen LogP contribution in [0.3, 0.4) is 0 Å². The Hall–Kier alpha value is -4.67. The first-order valence-corrected chi connectivity index (χ1v) is 11.8. The van der Waals surface area contributed by atoms with Gasteiger partial charge >= 0.3 is 12.4 Å². The van der Waals surface area contributed by atoms with Crippen LogP contribution in [0.2, 0.25) is 0 Å². The van der Waals surface area contributed by atoms with Gasteiger partial charge in [-0.25, -0.2) is 0 Å². The molecule has 4 aromatic rings. The summed E-state index contributed by atoms with van der Waals surface area (Å²) in [5.74, 6) is -1.06. The normalized spacial score (nSPS) is 12.2. The first-order chi connectivity index (χ1) is 18.8. The van der Waals surface area contributed by atoms with Gasteiger partial charge in [0.15, 0.2) is 0 Å². The van der Waals surface area contributed by atoms with Crippen molar-refractivity contribution in [1.82, 2.24) is 5.32 Å². The lowest BCUT2D eigenvalue weighted by Crippen LogP contribution is -2.49. The number of rotatable bonds is 7. The van der Waals surface area contributed by atoms with Crippen LogP contribution < -0.4 is 5.32 Å². The Morgan fingerprint density at radius 1 is 0.675 bits per heavy atom. The number of nitrogens with one attached hydrogen (secondary N) is 1. The molecule has 0 spiro atoms. The number of nitrogens with zero attached hydrogens (tertiary/aromatic N) is 1. The summed E-state index contributed by atoms with van der Waals surface area (Å²) in [6, 6.07) is 20.8. The number of hydrogen-bond acceptors (Lipinski definition) is 3. The third-order valence-electron chi connectivity index (χ3n) is 6.35. The molecule has 0 bridgehead atoms. The number of nitro groups is 1. The van der Waals surface area contributed by atoms with Crippen LogP contribution in [-0.2, 0) is 24.3 Å². The van der Waals surface area contributed by atoms with Crippen LogP contribution in [0.4, 0.5) is 32.0 Å². The number of alkyl halides is 6. The molecule has 0 unspecified atom stereocenters. The highest BCUT2D eigenvalue weighted by atomic mass is 19.4. The molecule has 4 rings (SSSR count). The van der Waals surface area contributed by atoms with E-state index in [9.17, 15) is 41.3 Å². The number of benzene rings is 4. The Morgan fingerprint density at radius 3 is 1.65 bits per heavy atom. The topological polar surface area (TPSA) is 72.2 Å². The highest BCUT2D eigenvalue weighted by Gasteiger charge is 2.41. The number of nitro benzene ring substituents is 1. The van der Waals surface area contributed by atoms with E-state index in [0.29, 0.717) is 5.56 Å². The summed E-state index contributed by atoms with van der Waals surface area (Å²) in [6.45, 7) is 0. The predicted octanol–water partition coefficient (Wildman–Crippen LogP) is 7.55. The largest absolute Gasteiger partial charge is 0.416 e. The molecular formula is C29H20F6N2O3. The molecule has 0 aliphatic rings. The van der Waals surface area contributed by atoms with Crippen LogP contribution >= 0.6 is 0 Å². The van der Waals surface area contributed by atoms with E-state index < -0.39 is 51.1 Å². The van der Waals surface area contributed by atoms with E-state index in [1.54, 1.807) is 30.3 Å². The Labute approximate surface area is 224 Å². The van der Waals surface area contributed by atoms with Gasteiger partial charge in [-0.3, -0.25) is 14.9 Å². The number of hydrogen-bond donors (Lipinski definition) is 1. The molecule has 0 saturated carbocycles.